The fourth-order valence-corrected chi connectivity index (χ4v) is 2.12. The van der Waals surface area contributed by atoms with E-state index in [-0.39, 0.29) is 5.43 Å². The molecular formula is C13H12O3. The monoisotopic (exact) mass is 216 g/mol. The lowest BCUT2D eigenvalue weighted by atomic mass is 10.0. The average molecular weight is 216 g/mol. The van der Waals surface area contributed by atoms with Crippen molar-refractivity contribution in [1.82, 2.24) is 0 Å². The highest BCUT2D eigenvalue weighted by molar-refractivity contribution is 5.79. The van der Waals surface area contributed by atoms with Crippen molar-refractivity contribution < 1.29 is 9.15 Å². The topological polar surface area (TPSA) is 39.4 Å². The first-order chi connectivity index (χ1) is 7.74. The molecule has 3 heteroatoms. The van der Waals surface area contributed by atoms with Gasteiger partial charge in [-0.25, -0.2) is 0 Å². The quantitative estimate of drug-likeness (QED) is 0.679. The summed E-state index contributed by atoms with van der Waals surface area (Å²) in [5, 5.41) is 0.603. The third-order valence-electron chi connectivity index (χ3n) is 2.88. The van der Waals surface area contributed by atoms with E-state index in [1.165, 1.54) is 6.07 Å². The van der Waals surface area contributed by atoms with Gasteiger partial charge in [0.25, 0.3) is 0 Å². The SMILES string of the molecule is Cc1cc(=O)c2cc3c(cc2o1)CCCO3. The molecule has 3 nitrogen and oxygen atoms in total. The molecule has 1 aliphatic heterocycles. The third kappa shape index (κ3) is 1.40. The van der Waals surface area contributed by atoms with E-state index in [0.29, 0.717) is 16.7 Å². The standard InChI is InChI=1S/C13H12O3/c1-8-5-11(14)10-7-12-9(3-2-4-15-12)6-13(10)16-8/h5-7H,2-4H2,1H3. The van der Waals surface area contributed by atoms with E-state index in [1.807, 2.05) is 6.07 Å². The van der Waals surface area contributed by atoms with E-state index in [2.05, 4.69) is 0 Å². The molecule has 1 aliphatic rings. The summed E-state index contributed by atoms with van der Waals surface area (Å²) in [5.74, 6) is 1.48. The van der Waals surface area contributed by atoms with Crippen molar-refractivity contribution in [2.75, 3.05) is 6.61 Å². The van der Waals surface area contributed by atoms with Gasteiger partial charge in [0, 0.05) is 6.07 Å². The van der Waals surface area contributed by atoms with Crippen molar-refractivity contribution >= 4 is 11.0 Å². The van der Waals surface area contributed by atoms with Gasteiger partial charge in [0.15, 0.2) is 5.43 Å². The zero-order valence-corrected chi connectivity index (χ0v) is 9.08. The Kier molecular flexibility index (Phi) is 1.99. The van der Waals surface area contributed by atoms with Crippen LogP contribution in [0, 0.1) is 6.92 Å². The van der Waals surface area contributed by atoms with Gasteiger partial charge in [-0.05, 0) is 37.5 Å². The predicted octanol–water partition coefficient (Wildman–Crippen LogP) is 2.43. The molecule has 1 aromatic carbocycles. The lowest BCUT2D eigenvalue weighted by molar-refractivity contribution is 0.288. The maximum Gasteiger partial charge on any atom is 0.193 e. The molecule has 3 rings (SSSR count). The summed E-state index contributed by atoms with van der Waals surface area (Å²) < 4.78 is 11.1. The molecule has 1 aromatic heterocycles. The van der Waals surface area contributed by atoms with E-state index >= 15 is 0 Å². The van der Waals surface area contributed by atoms with Crippen LogP contribution in [0.15, 0.2) is 27.4 Å². The van der Waals surface area contributed by atoms with Gasteiger partial charge in [0.05, 0.1) is 12.0 Å². The van der Waals surface area contributed by atoms with Crippen molar-refractivity contribution in [2.24, 2.45) is 0 Å². The smallest absolute Gasteiger partial charge is 0.193 e. The Balaban J connectivity index is 2.35. The van der Waals surface area contributed by atoms with Crippen LogP contribution in [0.3, 0.4) is 0 Å². The molecule has 2 aromatic rings. The van der Waals surface area contributed by atoms with Crippen LogP contribution in [0.5, 0.6) is 5.75 Å². The van der Waals surface area contributed by atoms with Crippen molar-refractivity contribution in [3.8, 4) is 5.75 Å². The molecule has 0 saturated carbocycles. The molecule has 0 spiro atoms. The summed E-state index contributed by atoms with van der Waals surface area (Å²) in [5.41, 5.74) is 1.79. The second-order valence-corrected chi connectivity index (χ2v) is 4.13. The zero-order chi connectivity index (χ0) is 11.1. The van der Waals surface area contributed by atoms with Gasteiger partial charge in [0.1, 0.15) is 17.1 Å². The maximum atomic E-state index is 11.8. The molecule has 0 N–H and O–H groups in total. The molecule has 0 bridgehead atoms. The first kappa shape index (κ1) is 9.46. The molecule has 0 amide bonds. The van der Waals surface area contributed by atoms with Gasteiger partial charge >= 0.3 is 0 Å². The first-order valence-corrected chi connectivity index (χ1v) is 5.44. The van der Waals surface area contributed by atoms with Crippen LogP contribution >= 0.6 is 0 Å². The summed E-state index contributed by atoms with van der Waals surface area (Å²) in [7, 11) is 0. The Bertz CT molecular complexity index is 610. The maximum absolute atomic E-state index is 11.8. The van der Waals surface area contributed by atoms with Crippen molar-refractivity contribution in [3.63, 3.8) is 0 Å². The molecule has 2 heterocycles. The fourth-order valence-electron chi connectivity index (χ4n) is 2.12. The number of rotatable bonds is 0. The van der Waals surface area contributed by atoms with Crippen LogP contribution in [0.25, 0.3) is 11.0 Å². The second-order valence-electron chi connectivity index (χ2n) is 4.13. The number of ether oxygens (including phenoxy) is 1. The minimum atomic E-state index is -0.00396. The minimum absolute atomic E-state index is 0.00396. The predicted molar refractivity (Wildman–Crippen MR) is 61.0 cm³/mol. The van der Waals surface area contributed by atoms with Crippen LogP contribution < -0.4 is 10.2 Å². The lowest BCUT2D eigenvalue weighted by Crippen LogP contribution is -2.09. The zero-order valence-electron chi connectivity index (χ0n) is 9.08. The highest BCUT2D eigenvalue weighted by atomic mass is 16.5. The summed E-state index contributed by atoms with van der Waals surface area (Å²) in [6, 6.07) is 5.24. The first-order valence-electron chi connectivity index (χ1n) is 5.44. The van der Waals surface area contributed by atoms with E-state index in [1.54, 1.807) is 13.0 Å². The number of fused-ring (bicyclic) bond motifs is 2. The molecular weight excluding hydrogens is 204 g/mol. The van der Waals surface area contributed by atoms with Crippen LogP contribution in [-0.4, -0.2) is 6.61 Å². The van der Waals surface area contributed by atoms with Gasteiger partial charge in [-0.15, -0.1) is 0 Å². The average Bonchev–Trinajstić information content (AvgIpc) is 2.27. The van der Waals surface area contributed by atoms with Crippen LogP contribution in [0.4, 0.5) is 0 Å². The van der Waals surface area contributed by atoms with Gasteiger partial charge in [0.2, 0.25) is 0 Å². The molecule has 0 aliphatic carbocycles. The Morgan fingerprint density at radius 2 is 2.12 bits per heavy atom. The Labute approximate surface area is 92.6 Å². The normalized spacial score (nSPS) is 14.6. The highest BCUT2D eigenvalue weighted by Gasteiger charge is 2.13. The van der Waals surface area contributed by atoms with Crippen LogP contribution in [0.2, 0.25) is 0 Å². The summed E-state index contributed by atoms with van der Waals surface area (Å²) >= 11 is 0. The van der Waals surface area contributed by atoms with E-state index in [0.717, 1.165) is 30.8 Å². The number of aryl methyl sites for hydroxylation is 2. The Hall–Kier alpha value is -1.77. The Morgan fingerprint density at radius 1 is 1.25 bits per heavy atom. The lowest BCUT2D eigenvalue weighted by Gasteiger charge is -2.17. The van der Waals surface area contributed by atoms with E-state index < -0.39 is 0 Å². The molecule has 0 saturated heterocycles. The largest absolute Gasteiger partial charge is 0.493 e. The molecule has 82 valence electrons. The molecule has 16 heavy (non-hydrogen) atoms. The van der Waals surface area contributed by atoms with Crippen LogP contribution in [-0.2, 0) is 6.42 Å². The van der Waals surface area contributed by atoms with Crippen molar-refractivity contribution in [3.05, 3.63) is 39.7 Å². The van der Waals surface area contributed by atoms with Gasteiger partial charge in [-0.1, -0.05) is 0 Å². The van der Waals surface area contributed by atoms with E-state index in [4.69, 9.17) is 9.15 Å². The highest BCUT2D eigenvalue weighted by Crippen LogP contribution is 2.28. The summed E-state index contributed by atoms with van der Waals surface area (Å²) in [4.78, 5) is 11.8. The molecule has 0 fully saturated rings. The molecule has 0 radical (unpaired) electrons. The number of hydrogen-bond acceptors (Lipinski definition) is 3. The summed E-state index contributed by atoms with van der Waals surface area (Å²) in [6.07, 6.45) is 2.01. The van der Waals surface area contributed by atoms with Crippen molar-refractivity contribution in [1.29, 1.82) is 0 Å². The molecule has 0 atom stereocenters. The van der Waals surface area contributed by atoms with Gasteiger partial charge in [-0.2, -0.15) is 0 Å². The number of benzene rings is 1. The Morgan fingerprint density at radius 3 is 3.00 bits per heavy atom. The fraction of sp³-hybridized carbons (Fsp3) is 0.308. The summed E-state index contributed by atoms with van der Waals surface area (Å²) in [6.45, 7) is 2.52. The molecule has 0 unspecified atom stereocenters. The number of hydrogen-bond donors (Lipinski definition) is 0. The van der Waals surface area contributed by atoms with Crippen molar-refractivity contribution in [2.45, 2.75) is 19.8 Å². The van der Waals surface area contributed by atoms with E-state index in [9.17, 15) is 4.79 Å². The van der Waals surface area contributed by atoms with Crippen LogP contribution in [0.1, 0.15) is 17.7 Å². The minimum Gasteiger partial charge on any atom is -0.493 e. The van der Waals surface area contributed by atoms with Gasteiger partial charge in [-0.3, -0.25) is 4.79 Å². The second kappa shape index (κ2) is 3.37. The van der Waals surface area contributed by atoms with Gasteiger partial charge < -0.3 is 9.15 Å². The third-order valence-corrected chi connectivity index (χ3v) is 2.88.